The van der Waals surface area contributed by atoms with E-state index in [1.165, 1.54) is 12.5 Å². The van der Waals surface area contributed by atoms with Gasteiger partial charge in [-0.25, -0.2) is 0 Å². The maximum atomic E-state index is 12.6. The summed E-state index contributed by atoms with van der Waals surface area (Å²) in [6.45, 7) is 5.29. The van der Waals surface area contributed by atoms with Crippen LogP contribution in [0.15, 0.2) is 24.3 Å². The number of benzene rings is 1. The molecule has 1 saturated carbocycles. The molecule has 4 aliphatic rings. The van der Waals surface area contributed by atoms with Crippen molar-refractivity contribution in [1.29, 1.82) is 0 Å². The summed E-state index contributed by atoms with van der Waals surface area (Å²) in [6.07, 6.45) is 4.78. The molecule has 1 aromatic rings. The highest BCUT2D eigenvalue weighted by Gasteiger charge is 2.70. The average molecular weight is 354 g/mol. The number of nitrogens with zero attached hydrogens (tertiary/aromatic N) is 2. The van der Waals surface area contributed by atoms with Crippen molar-refractivity contribution in [3.05, 3.63) is 29.8 Å². The van der Waals surface area contributed by atoms with Crippen molar-refractivity contribution in [3.8, 4) is 0 Å². The van der Waals surface area contributed by atoms with Crippen molar-refractivity contribution in [3.63, 3.8) is 0 Å². The van der Waals surface area contributed by atoms with Crippen molar-refractivity contribution < 1.29 is 14.3 Å². The lowest BCUT2D eigenvalue weighted by atomic mass is 9.57. The number of piperidine rings is 1. The number of esters is 1. The predicted octanol–water partition coefficient (Wildman–Crippen LogP) is 2.62. The molecule has 5 rings (SSSR count). The SMILES string of the molecule is CC(=O)OC12CCCN3CCC4(c5ccccc5N(C(C)=O)C4CC1)C32. The summed E-state index contributed by atoms with van der Waals surface area (Å²) in [5, 5.41) is 0. The Morgan fingerprint density at radius 1 is 1.12 bits per heavy atom. The molecule has 5 heteroatoms. The largest absolute Gasteiger partial charge is 0.458 e. The van der Waals surface area contributed by atoms with Crippen LogP contribution in [-0.4, -0.2) is 47.6 Å². The fraction of sp³-hybridized carbons (Fsp3) is 0.619. The van der Waals surface area contributed by atoms with Gasteiger partial charge < -0.3 is 9.64 Å². The Kier molecular flexibility index (Phi) is 3.34. The number of carbonyl (C=O) groups excluding carboxylic acids is 2. The van der Waals surface area contributed by atoms with E-state index >= 15 is 0 Å². The highest BCUT2D eigenvalue weighted by atomic mass is 16.6. The van der Waals surface area contributed by atoms with Gasteiger partial charge in [-0.2, -0.15) is 0 Å². The van der Waals surface area contributed by atoms with Crippen LogP contribution in [0.3, 0.4) is 0 Å². The van der Waals surface area contributed by atoms with E-state index in [2.05, 4.69) is 23.1 Å². The van der Waals surface area contributed by atoms with Crippen LogP contribution in [-0.2, 0) is 19.7 Å². The third kappa shape index (κ3) is 1.85. The summed E-state index contributed by atoms with van der Waals surface area (Å²) in [5.74, 6) is -0.0596. The van der Waals surface area contributed by atoms with Gasteiger partial charge in [0.1, 0.15) is 5.60 Å². The van der Waals surface area contributed by atoms with Crippen LogP contribution in [0.1, 0.15) is 51.5 Å². The number of rotatable bonds is 1. The Bertz CT molecular complexity index is 793. The lowest BCUT2D eigenvalue weighted by molar-refractivity contribution is -0.181. The predicted molar refractivity (Wildman–Crippen MR) is 98.0 cm³/mol. The summed E-state index contributed by atoms with van der Waals surface area (Å²) in [5.41, 5.74) is 1.83. The van der Waals surface area contributed by atoms with Crippen molar-refractivity contribution in [2.45, 2.75) is 69.1 Å². The van der Waals surface area contributed by atoms with Crippen molar-refractivity contribution in [1.82, 2.24) is 4.90 Å². The third-order valence-electron chi connectivity index (χ3n) is 7.31. The first-order valence-electron chi connectivity index (χ1n) is 9.82. The number of ether oxygens (including phenoxy) is 1. The van der Waals surface area contributed by atoms with E-state index in [1.807, 2.05) is 11.0 Å². The monoisotopic (exact) mass is 354 g/mol. The van der Waals surface area contributed by atoms with Gasteiger partial charge in [0.25, 0.3) is 0 Å². The molecule has 0 radical (unpaired) electrons. The van der Waals surface area contributed by atoms with E-state index in [1.54, 1.807) is 6.92 Å². The molecule has 1 aromatic carbocycles. The molecule has 0 bridgehead atoms. The molecular formula is C21H26N2O3. The lowest BCUT2D eigenvalue weighted by Gasteiger charge is -2.57. The molecule has 0 aromatic heterocycles. The normalized spacial score (nSPS) is 37.7. The highest BCUT2D eigenvalue weighted by molar-refractivity contribution is 5.96. The van der Waals surface area contributed by atoms with Gasteiger partial charge in [0.05, 0.1) is 6.04 Å². The van der Waals surface area contributed by atoms with E-state index in [0.29, 0.717) is 0 Å². The second-order valence-electron chi connectivity index (χ2n) is 8.45. The average Bonchev–Trinajstić information content (AvgIpc) is 3.13. The summed E-state index contributed by atoms with van der Waals surface area (Å²) in [6, 6.07) is 8.75. The molecule has 138 valence electrons. The Hall–Kier alpha value is -1.88. The highest BCUT2D eigenvalue weighted by Crippen LogP contribution is 2.62. The fourth-order valence-corrected chi connectivity index (χ4v) is 6.83. The topological polar surface area (TPSA) is 49.9 Å². The zero-order valence-corrected chi connectivity index (χ0v) is 15.5. The van der Waals surface area contributed by atoms with E-state index in [9.17, 15) is 9.59 Å². The van der Waals surface area contributed by atoms with Crippen LogP contribution < -0.4 is 4.90 Å². The van der Waals surface area contributed by atoms with Crippen molar-refractivity contribution in [2.75, 3.05) is 18.0 Å². The third-order valence-corrected chi connectivity index (χ3v) is 7.31. The zero-order valence-electron chi connectivity index (χ0n) is 15.5. The smallest absolute Gasteiger partial charge is 0.303 e. The number of para-hydroxylation sites is 1. The molecule has 3 fully saturated rings. The number of hydrogen-bond donors (Lipinski definition) is 0. The standard InChI is InChI=1S/C21H26N2O3/c1-14(24)23-17-7-4-3-6-16(17)21-11-13-22-12-5-9-20(19(21)22,26-15(2)25)10-8-18(21)23/h3-4,6-7,18-19H,5,8-13H2,1-2H3. The second-order valence-corrected chi connectivity index (χ2v) is 8.45. The molecule has 4 atom stereocenters. The van der Waals surface area contributed by atoms with Gasteiger partial charge in [-0.15, -0.1) is 0 Å². The molecule has 5 nitrogen and oxygen atoms in total. The molecule has 1 spiro atoms. The summed E-state index contributed by atoms with van der Waals surface area (Å²) >= 11 is 0. The lowest BCUT2D eigenvalue weighted by Crippen LogP contribution is -2.69. The van der Waals surface area contributed by atoms with Gasteiger partial charge in [-0.3, -0.25) is 14.5 Å². The van der Waals surface area contributed by atoms with Gasteiger partial charge in [-0.05, 0) is 56.8 Å². The summed E-state index contributed by atoms with van der Waals surface area (Å²) < 4.78 is 6.09. The summed E-state index contributed by atoms with van der Waals surface area (Å²) in [7, 11) is 0. The minimum atomic E-state index is -0.406. The molecular weight excluding hydrogens is 328 g/mol. The molecule has 0 N–H and O–H groups in total. The van der Waals surface area contributed by atoms with Gasteiger partial charge in [0.2, 0.25) is 5.91 Å². The second kappa shape index (κ2) is 5.32. The van der Waals surface area contributed by atoms with E-state index < -0.39 is 5.60 Å². The summed E-state index contributed by atoms with van der Waals surface area (Å²) in [4.78, 5) is 29.2. The Morgan fingerprint density at radius 2 is 1.92 bits per heavy atom. The molecule has 26 heavy (non-hydrogen) atoms. The van der Waals surface area contributed by atoms with Crippen LogP contribution in [0.5, 0.6) is 0 Å². The Morgan fingerprint density at radius 3 is 2.69 bits per heavy atom. The minimum absolute atomic E-state index is 0.115. The Labute approximate surface area is 154 Å². The van der Waals surface area contributed by atoms with Crippen LogP contribution in [0, 0.1) is 0 Å². The fourth-order valence-electron chi connectivity index (χ4n) is 6.83. The van der Waals surface area contributed by atoms with Crippen LogP contribution >= 0.6 is 0 Å². The van der Waals surface area contributed by atoms with Crippen LogP contribution in [0.25, 0.3) is 0 Å². The maximum Gasteiger partial charge on any atom is 0.303 e. The molecule has 4 unspecified atom stereocenters. The Balaban J connectivity index is 1.72. The van der Waals surface area contributed by atoms with E-state index in [4.69, 9.17) is 4.74 Å². The number of amides is 1. The first-order valence-corrected chi connectivity index (χ1v) is 9.82. The van der Waals surface area contributed by atoms with Gasteiger partial charge in [-0.1, -0.05) is 18.2 Å². The van der Waals surface area contributed by atoms with Gasteiger partial charge in [0, 0.05) is 31.0 Å². The van der Waals surface area contributed by atoms with Crippen LogP contribution in [0.4, 0.5) is 5.69 Å². The molecule has 1 aliphatic carbocycles. The van der Waals surface area contributed by atoms with Crippen molar-refractivity contribution >= 4 is 17.6 Å². The van der Waals surface area contributed by atoms with Gasteiger partial charge in [0.15, 0.2) is 0 Å². The van der Waals surface area contributed by atoms with E-state index in [-0.39, 0.29) is 29.4 Å². The van der Waals surface area contributed by atoms with Gasteiger partial charge >= 0.3 is 5.97 Å². The maximum absolute atomic E-state index is 12.6. The quantitative estimate of drug-likeness (QED) is 0.728. The zero-order chi connectivity index (χ0) is 18.1. The number of fused-ring (bicyclic) bond motifs is 1. The number of carbonyl (C=O) groups is 2. The molecule has 2 saturated heterocycles. The molecule has 3 aliphatic heterocycles. The van der Waals surface area contributed by atoms with Crippen molar-refractivity contribution in [2.24, 2.45) is 0 Å². The number of hydrogen-bond acceptors (Lipinski definition) is 4. The first kappa shape index (κ1) is 16.3. The molecule has 1 amide bonds. The minimum Gasteiger partial charge on any atom is -0.458 e. The molecule has 3 heterocycles. The van der Waals surface area contributed by atoms with Crippen LogP contribution in [0.2, 0.25) is 0 Å². The first-order chi connectivity index (χ1) is 12.5. The number of anilines is 1. The van der Waals surface area contributed by atoms with E-state index in [0.717, 1.165) is 50.9 Å².